The average Bonchev–Trinajstić information content (AvgIpc) is 2.74. The summed E-state index contributed by atoms with van der Waals surface area (Å²) in [6.45, 7) is 6.86. The quantitative estimate of drug-likeness (QED) is 0.838. The molecule has 1 atom stereocenters. The Morgan fingerprint density at radius 3 is 2.75 bits per heavy atom. The summed E-state index contributed by atoms with van der Waals surface area (Å²) in [5.74, 6) is 0.373. The van der Waals surface area contributed by atoms with Crippen LogP contribution in [0, 0.1) is 18.3 Å². The van der Waals surface area contributed by atoms with Crippen LogP contribution in [0.3, 0.4) is 0 Å². The van der Waals surface area contributed by atoms with E-state index in [1.807, 2.05) is 24.9 Å². The van der Waals surface area contributed by atoms with Crippen molar-refractivity contribution in [2.45, 2.75) is 33.7 Å². The van der Waals surface area contributed by atoms with Gasteiger partial charge in [-0.3, -0.25) is 9.48 Å². The molecule has 0 aliphatic heterocycles. The minimum atomic E-state index is 0.174. The predicted octanol–water partition coefficient (Wildman–Crippen LogP) is 1.39. The van der Waals surface area contributed by atoms with E-state index in [1.165, 1.54) is 0 Å². The van der Waals surface area contributed by atoms with Crippen LogP contribution in [0.4, 0.5) is 0 Å². The first-order valence-corrected chi connectivity index (χ1v) is 5.67. The highest BCUT2D eigenvalue weighted by atomic mass is 16.2. The summed E-state index contributed by atoms with van der Waals surface area (Å²) >= 11 is 0. The highest BCUT2D eigenvalue weighted by molar-refractivity contribution is 5.82. The Labute approximate surface area is 96.0 Å². The number of rotatable bonds is 3. The molecule has 1 aliphatic carbocycles. The molecule has 1 saturated carbocycles. The molecule has 2 rings (SSSR count). The normalized spacial score (nSPS) is 21.9. The van der Waals surface area contributed by atoms with Crippen molar-refractivity contribution in [1.29, 1.82) is 0 Å². The Morgan fingerprint density at radius 1 is 1.69 bits per heavy atom. The monoisotopic (exact) mass is 221 g/mol. The number of aryl methyl sites for hydroxylation is 1. The summed E-state index contributed by atoms with van der Waals surface area (Å²) < 4.78 is 1.82. The van der Waals surface area contributed by atoms with E-state index in [0.717, 1.165) is 17.7 Å². The van der Waals surface area contributed by atoms with Crippen LogP contribution in [0.25, 0.3) is 0 Å². The molecule has 0 spiro atoms. The van der Waals surface area contributed by atoms with E-state index in [2.05, 4.69) is 24.3 Å². The van der Waals surface area contributed by atoms with Crippen molar-refractivity contribution in [2.75, 3.05) is 0 Å². The first-order valence-electron chi connectivity index (χ1n) is 5.67. The molecular formula is C12H19N3O. The largest absolute Gasteiger partial charge is 0.352 e. The maximum Gasteiger partial charge on any atom is 0.223 e. The van der Waals surface area contributed by atoms with E-state index < -0.39 is 0 Å². The van der Waals surface area contributed by atoms with Crippen LogP contribution in [-0.2, 0) is 18.4 Å². The number of amides is 1. The first-order chi connectivity index (χ1) is 7.42. The van der Waals surface area contributed by atoms with E-state index in [0.29, 0.717) is 6.54 Å². The van der Waals surface area contributed by atoms with Gasteiger partial charge in [-0.25, -0.2) is 0 Å². The molecule has 0 radical (unpaired) electrons. The van der Waals surface area contributed by atoms with Crippen molar-refractivity contribution in [3.05, 3.63) is 17.5 Å². The molecule has 16 heavy (non-hydrogen) atoms. The summed E-state index contributed by atoms with van der Waals surface area (Å²) in [5, 5.41) is 7.13. The van der Waals surface area contributed by atoms with Gasteiger partial charge in [-0.15, -0.1) is 0 Å². The number of hydrogen-bond acceptors (Lipinski definition) is 2. The zero-order valence-electron chi connectivity index (χ0n) is 10.4. The Kier molecular flexibility index (Phi) is 2.52. The van der Waals surface area contributed by atoms with Gasteiger partial charge in [-0.05, 0) is 18.8 Å². The van der Waals surface area contributed by atoms with Gasteiger partial charge in [0.25, 0.3) is 0 Å². The second-order valence-corrected chi connectivity index (χ2v) is 5.34. The first kappa shape index (κ1) is 11.2. The van der Waals surface area contributed by atoms with Crippen molar-refractivity contribution in [3.8, 4) is 0 Å². The Hall–Kier alpha value is -1.32. The van der Waals surface area contributed by atoms with E-state index in [9.17, 15) is 4.79 Å². The maximum atomic E-state index is 11.8. The number of hydrogen-bond donors (Lipinski definition) is 1. The lowest BCUT2D eigenvalue weighted by atomic mass is 10.1. The summed E-state index contributed by atoms with van der Waals surface area (Å²) in [6, 6.07) is 0. The highest BCUT2D eigenvalue weighted by Gasteiger charge is 2.50. The third-order valence-electron chi connectivity index (χ3n) is 3.62. The number of carbonyl (C=O) groups excluding carboxylic acids is 1. The number of carbonyl (C=O) groups is 1. The van der Waals surface area contributed by atoms with Gasteiger partial charge >= 0.3 is 0 Å². The zero-order chi connectivity index (χ0) is 11.9. The SMILES string of the molecule is Cc1c(CNC(=O)C2CC2(C)C)cnn1C. The van der Waals surface area contributed by atoms with Gasteiger partial charge in [0, 0.05) is 30.8 Å². The van der Waals surface area contributed by atoms with Gasteiger partial charge in [0.05, 0.1) is 6.20 Å². The Balaban J connectivity index is 1.89. The van der Waals surface area contributed by atoms with E-state index in [4.69, 9.17) is 0 Å². The molecule has 88 valence electrons. The van der Waals surface area contributed by atoms with Crippen molar-refractivity contribution in [3.63, 3.8) is 0 Å². The molecule has 4 heteroatoms. The highest BCUT2D eigenvalue weighted by Crippen LogP contribution is 2.51. The third-order valence-corrected chi connectivity index (χ3v) is 3.62. The molecule has 1 amide bonds. The standard InChI is InChI=1S/C12H19N3O/c1-8-9(7-14-15(8)4)6-13-11(16)10-5-12(10,2)3/h7,10H,5-6H2,1-4H3,(H,13,16). The fourth-order valence-corrected chi connectivity index (χ4v) is 1.94. The third kappa shape index (κ3) is 1.96. The van der Waals surface area contributed by atoms with Crippen molar-refractivity contribution in [2.24, 2.45) is 18.4 Å². The summed E-state index contributed by atoms with van der Waals surface area (Å²) in [6.07, 6.45) is 2.82. The average molecular weight is 221 g/mol. The van der Waals surface area contributed by atoms with Gasteiger partial charge < -0.3 is 5.32 Å². The van der Waals surface area contributed by atoms with Crippen LogP contribution < -0.4 is 5.32 Å². The molecule has 4 nitrogen and oxygen atoms in total. The molecule has 0 bridgehead atoms. The lowest BCUT2D eigenvalue weighted by Gasteiger charge is -2.06. The van der Waals surface area contributed by atoms with Crippen LogP contribution in [0.5, 0.6) is 0 Å². The van der Waals surface area contributed by atoms with Crippen LogP contribution >= 0.6 is 0 Å². The minimum absolute atomic E-state index is 0.174. The summed E-state index contributed by atoms with van der Waals surface area (Å²) in [4.78, 5) is 11.8. The van der Waals surface area contributed by atoms with Crippen molar-refractivity contribution < 1.29 is 4.79 Å². The van der Waals surface area contributed by atoms with Crippen molar-refractivity contribution in [1.82, 2.24) is 15.1 Å². The maximum absolute atomic E-state index is 11.8. The van der Waals surface area contributed by atoms with Crippen LogP contribution in [0.15, 0.2) is 6.20 Å². The van der Waals surface area contributed by atoms with E-state index >= 15 is 0 Å². The van der Waals surface area contributed by atoms with Crippen LogP contribution in [0.2, 0.25) is 0 Å². The Morgan fingerprint density at radius 2 is 2.31 bits per heavy atom. The van der Waals surface area contributed by atoms with Gasteiger partial charge in [0.15, 0.2) is 0 Å². The summed E-state index contributed by atoms with van der Waals surface area (Å²) in [7, 11) is 1.91. The van der Waals surface area contributed by atoms with Gasteiger partial charge in [0.2, 0.25) is 5.91 Å². The second kappa shape index (κ2) is 3.61. The molecule has 1 aromatic rings. The predicted molar refractivity (Wildman–Crippen MR) is 61.7 cm³/mol. The van der Waals surface area contributed by atoms with E-state index in [1.54, 1.807) is 0 Å². The topological polar surface area (TPSA) is 46.9 Å². The molecule has 1 aliphatic rings. The molecule has 1 N–H and O–H groups in total. The number of nitrogens with zero attached hydrogens (tertiary/aromatic N) is 2. The molecular weight excluding hydrogens is 202 g/mol. The molecule has 1 fully saturated rings. The number of nitrogens with one attached hydrogen (secondary N) is 1. The summed E-state index contributed by atoms with van der Waals surface area (Å²) in [5.41, 5.74) is 2.40. The van der Waals surface area contributed by atoms with Gasteiger partial charge in [-0.2, -0.15) is 5.10 Å². The molecule has 0 saturated heterocycles. The van der Waals surface area contributed by atoms with Crippen LogP contribution in [0.1, 0.15) is 31.5 Å². The fourth-order valence-electron chi connectivity index (χ4n) is 1.94. The van der Waals surface area contributed by atoms with Gasteiger partial charge in [-0.1, -0.05) is 13.8 Å². The second-order valence-electron chi connectivity index (χ2n) is 5.34. The van der Waals surface area contributed by atoms with E-state index in [-0.39, 0.29) is 17.2 Å². The molecule has 0 aromatic carbocycles. The molecule has 1 heterocycles. The van der Waals surface area contributed by atoms with Crippen LogP contribution in [-0.4, -0.2) is 15.7 Å². The molecule has 1 aromatic heterocycles. The minimum Gasteiger partial charge on any atom is -0.352 e. The molecule has 1 unspecified atom stereocenters. The van der Waals surface area contributed by atoms with Crippen molar-refractivity contribution >= 4 is 5.91 Å². The van der Waals surface area contributed by atoms with Gasteiger partial charge in [0.1, 0.15) is 0 Å². The Bertz CT molecular complexity index is 420. The zero-order valence-corrected chi connectivity index (χ0v) is 10.4. The lowest BCUT2D eigenvalue weighted by molar-refractivity contribution is -0.123. The lowest BCUT2D eigenvalue weighted by Crippen LogP contribution is -2.26. The fraction of sp³-hybridized carbons (Fsp3) is 0.667. The number of aromatic nitrogens is 2. The smallest absolute Gasteiger partial charge is 0.223 e.